The summed E-state index contributed by atoms with van der Waals surface area (Å²) in [6.45, 7) is 2.48. The molecule has 0 radical (unpaired) electrons. The topological polar surface area (TPSA) is 52.0 Å². The lowest BCUT2D eigenvalue weighted by molar-refractivity contribution is 0.450. The normalized spacial score (nSPS) is 11.6. The number of hydrogen-bond acceptors (Lipinski definition) is 3. The van der Waals surface area contributed by atoms with E-state index in [0.717, 1.165) is 22.2 Å². The van der Waals surface area contributed by atoms with Crippen LogP contribution in [0.4, 0.5) is 0 Å². The van der Waals surface area contributed by atoms with Gasteiger partial charge < -0.3 is 10.3 Å². The smallest absolute Gasteiger partial charge is 0.167 e. The highest BCUT2D eigenvalue weighted by Gasteiger charge is 2.06. The standard InChI is InChI=1S/C11H12N2O/c1-8-11-9(5-3-7-12)4-2-6-10(11)14-13-8/h2-6H,7,12H2,1H3/b5-3+. The van der Waals surface area contributed by atoms with Gasteiger partial charge in [-0.15, -0.1) is 0 Å². The van der Waals surface area contributed by atoms with Crippen LogP contribution in [0.2, 0.25) is 0 Å². The van der Waals surface area contributed by atoms with Crippen LogP contribution in [0.25, 0.3) is 17.0 Å². The summed E-state index contributed by atoms with van der Waals surface area (Å²) in [5.41, 5.74) is 8.25. The molecule has 2 rings (SSSR count). The van der Waals surface area contributed by atoms with E-state index < -0.39 is 0 Å². The molecule has 14 heavy (non-hydrogen) atoms. The zero-order valence-electron chi connectivity index (χ0n) is 8.03. The van der Waals surface area contributed by atoms with Crippen molar-refractivity contribution in [1.29, 1.82) is 0 Å². The highest BCUT2D eigenvalue weighted by molar-refractivity contribution is 5.88. The summed E-state index contributed by atoms with van der Waals surface area (Å²) in [5, 5.41) is 4.99. The minimum absolute atomic E-state index is 0.542. The molecule has 1 aromatic heterocycles. The van der Waals surface area contributed by atoms with Gasteiger partial charge in [-0.05, 0) is 18.6 Å². The average Bonchev–Trinajstić information content (AvgIpc) is 2.58. The molecule has 72 valence electrons. The van der Waals surface area contributed by atoms with E-state index in [2.05, 4.69) is 5.16 Å². The predicted octanol–water partition coefficient (Wildman–Crippen LogP) is 2.11. The van der Waals surface area contributed by atoms with Gasteiger partial charge in [0.1, 0.15) is 0 Å². The lowest BCUT2D eigenvalue weighted by Gasteiger charge is -1.94. The Morgan fingerprint density at radius 1 is 1.50 bits per heavy atom. The molecule has 2 aromatic rings. The van der Waals surface area contributed by atoms with Crippen molar-refractivity contribution in [1.82, 2.24) is 5.16 Å². The molecule has 2 N–H and O–H groups in total. The van der Waals surface area contributed by atoms with Gasteiger partial charge in [0.05, 0.1) is 11.1 Å². The molecule has 0 atom stereocenters. The molecule has 0 unspecified atom stereocenters. The van der Waals surface area contributed by atoms with Crippen LogP contribution in [0.3, 0.4) is 0 Å². The molecule has 0 aliphatic heterocycles. The van der Waals surface area contributed by atoms with Gasteiger partial charge in [-0.25, -0.2) is 0 Å². The fourth-order valence-corrected chi connectivity index (χ4v) is 1.51. The van der Waals surface area contributed by atoms with E-state index >= 15 is 0 Å². The summed E-state index contributed by atoms with van der Waals surface area (Å²) in [7, 11) is 0. The molecule has 0 aliphatic rings. The Labute approximate surface area is 82.2 Å². The van der Waals surface area contributed by atoms with E-state index in [1.807, 2.05) is 37.3 Å². The third-order valence-corrected chi connectivity index (χ3v) is 2.13. The Hall–Kier alpha value is -1.61. The Morgan fingerprint density at radius 3 is 3.14 bits per heavy atom. The van der Waals surface area contributed by atoms with Gasteiger partial charge in [-0.3, -0.25) is 0 Å². The fraction of sp³-hybridized carbons (Fsp3) is 0.182. The lowest BCUT2D eigenvalue weighted by atomic mass is 10.1. The van der Waals surface area contributed by atoms with Gasteiger partial charge >= 0.3 is 0 Å². The van der Waals surface area contributed by atoms with E-state index in [4.69, 9.17) is 10.3 Å². The maximum atomic E-state index is 5.41. The molecule has 1 heterocycles. The molecule has 0 amide bonds. The van der Waals surface area contributed by atoms with Crippen molar-refractivity contribution in [3.8, 4) is 0 Å². The second-order valence-corrected chi connectivity index (χ2v) is 3.13. The largest absolute Gasteiger partial charge is 0.356 e. The highest BCUT2D eigenvalue weighted by Crippen LogP contribution is 2.22. The number of fused-ring (bicyclic) bond motifs is 1. The monoisotopic (exact) mass is 188 g/mol. The predicted molar refractivity (Wildman–Crippen MR) is 56.8 cm³/mol. The van der Waals surface area contributed by atoms with E-state index in [1.165, 1.54) is 0 Å². The number of rotatable bonds is 2. The van der Waals surface area contributed by atoms with Gasteiger partial charge in [0.2, 0.25) is 0 Å². The summed E-state index contributed by atoms with van der Waals surface area (Å²) in [5.74, 6) is 0. The second kappa shape index (κ2) is 3.64. The van der Waals surface area contributed by atoms with E-state index in [9.17, 15) is 0 Å². The summed E-state index contributed by atoms with van der Waals surface area (Å²) >= 11 is 0. The first kappa shape index (κ1) is 8.97. The fourth-order valence-electron chi connectivity index (χ4n) is 1.51. The first-order chi connectivity index (χ1) is 6.83. The average molecular weight is 188 g/mol. The Morgan fingerprint density at radius 2 is 2.36 bits per heavy atom. The number of aryl methyl sites for hydroxylation is 1. The molecule has 0 aliphatic carbocycles. The molecular weight excluding hydrogens is 176 g/mol. The molecule has 3 nitrogen and oxygen atoms in total. The van der Waals surface area contributed by atoms with Crippen LogP contribution in [-0.4, -0.2) is 11.7 Å². The minimum atomic E-state index is 0.542. The number of aromatic nitrogens is 1. The van der Waals surface area contributed by atoms with E-state index in [1.54, 1.807) is 0 Å². The Kier molecular flexibility index (Phi) is 2.33. The molecule has 0 spiro atoms. The highest BCUT2D eigenvalue weighted by atomic mass is 16.5. The van der Waals surface area contributed by atoms with Crippen LogP contribution in [0.15, 0.2) is 28.8 Å². The van der Waals surface area contributed by atoms with Gasteiger partial charge in [0.15, 0.2) is 5.58 Å². The quantitative estimate of drug-likeness (QED) is 0.785. The van der Waals surface area contributed by atoms with Gasteiger partial charge in [0, 0.05) is 6.54 Å². The first-order valence-corrected chi connectivity index (χ1v) is 4.54. The van der Waals surface area contributed by atoms with E-state index in [-0.39, 0.29) is 0 Å². The van der Waals surface area contributed by atoms with Crippen LogP contribution < -0.4 is 5.73 Å². The molecule has 0 saturated carbocycles. The Balaban J connectivity index is 2.63. The minimum Gasteiger partial charge on any atom is -0.356 e. The van der Waals surface area contributed by atoms with Crippen LogP contribution in [0.1, 0.15) is 11.3 Å². The third kappa shape index (κ3) is 1.42. The van der Waals surface area contributed by atoms with Crippen molar-refractivity contribution in [3.63, 3.8) is 0 Å². The molecule has 0 fully saturated rings. The van der Waals surface area contributed by atoms with Crippen LogP contribution in [0, 0.1) is 6.92 Å². The molecule has 1 aromatic carbocycles. The molecular formula is C11H12N2O. The lowest BCUT2D eigenvalue weighted by Crippen LogP contribution is -1.92. The van der Waals surface area contributed by atoms with Crippen LogP contribution in [0.5, 0.6) is 0 Å². The summed E-state index contributed by atoms with van der Waals surface area (Å²) in [6, 6.07) is 5.89. The van der Waals surface area contributed by atoms with Gasteiger partial charge in [-0.2, -0.15) is 0 Å². The van der Waals surface area contributed by atoms with E-state index in [0.29, 0.717) is 6.54 Å². The summed E-state index contributed by atoms with van der Waals surface area (Å²) < 4.78 is 5.15. The zero-order chi connectivity index (χ0) is 9.97. The third-order valence-electron chi connectivity index (χ3n) is 2.13. The van der Waals surface area contributed by atoms with Crippen molar-refractivity contribution >= 4 is 17.0 Å². The van der Waals surface area contributed by atoms with Crippen LogP contribution in [-0.2, 0) is 0 Å². The Bertz CT molecular complexity index is 471. The molecule has 3 heteroatoms. The SMILES string of the molecule is Cc1noc2cccc(/C=C/CN)c12. The zero-order valence-corrected chi connectivity index (χ0v) is 8.03. The van der Waals surface area contributed by atoms with Crippen molar-refractivity contribution < 1.29 is 4.52 Å². The summed E-state index contributed by atoms with van der Waals surface area (Å²) in [4.78, 5) is 0. The summed E-state index contributed by atoms with van der Waals surface area (Å²) in [6.07, 6.45) is 3.91. The van der Waals surface area contributed by atoms with Crippen molar-refractivity contribution in [2.24, 2.45) is 5.73 Å². The number of benzene rings is 1. The van der Waals surface area contributed by atoms with Crippen molar-refractivity contribution in [3.05, 3.63) is 35.5 Å². The maximum Gasteiger partial charge on any atom is 0.167 e. The van der Waals surface area contributed by atoms with Crippen molar-refractivity contribution in [2.45, 2.75) is 6.92 Å². The van der Waals surface area contributed by atoms with Gasteiger partial charge in [-0.1, -0.05) is 29.4 Å². The number of nitrogens with zero attached hydrogens (tertiary/aromatic N) is 1. The number of hydrogen-bond donors (Lipinski definition) is 1. The first-order valence-electron chi connectivity index (χ1n) is 4.54. The molecule has 0 saturated heterocycles. The van der Waals surface area contributed by atoms with Crippen molar-refractivity contribution in [2.75, 3.05) is 6.54 Å². The molecule has 0 bridgehead atoms. The maximum absolute atomic E-state index is 5.41. The number of nitrogens with two attached hydrogens (primary N) is 1. The van der Waals surface area contributed by atoms with Crippen LogP contribution >= 0.6 is 0 Å². The van der Waals surface area contributed by atoms with Gasteiger partial charge in [0.25, 0.3) is 0 Å². The second-order valence-electron chi connectivity index (χ2n) is 3.13.